The van der Waals surface area contributed by atoms with Gasteiger partial charge in [-0.3, -0.25) is 4.79 Å². The van der Waals surface area contributed by atoms with Gasteiger partial charge in [0.05, 0.1) is 0 Å². The van der Waals surface area contributed by atoms with Crippen LogP contribution in [0.2, 0.25) is 6.04 Å². The van der Waals surface area contributed by atoms with Gasteiger partial charge in [0.15, 0.2) is 0 Å². The maximum Gasteiger partial charge on any atom is 0.341 e. The van der Waals surface area contributed by atoms with Crippen LogP contribution in [0.3, 0.4) is 0 Å². The number of carbonyl (C=O) groups excluding carboxylic acids is 1. The van der Waals surface area contributed by atoms with Crippen LogP contribution in [-0.4, -0.2) is 12.0 Å². The maximum atomic E-state index is 10.7. The summed E-state index contributed by atoms with van der Waals surface area (Å²) in [5.74, 6) is 0.198. The molecule has 1 aromatic rings. The number of hydrogen-bond acceptors (Lipinski definition) is 2. The van der Waals surface area contributed by atoms with Crippen molar-refractivity contribution in [2.24, 2.45) is 0 Å². The summed E-state index contributed by atoms with van der Waals surface area (Å²) in [5, 5.41) is 0. The van der Waals surface area contributed by atoms with Crippen molar-refractivity contribution in [1.82, 2.24) is 0 Å². The van der Waals surface area contributed by atoms with Gasteiger partial charge in [0.25, 0.3) is 0 Å². The van der Waals surface area contributed by atoms with Gasteiger partial charge in [-0.2, -0.15) is 0 Å². The lowest BCUT2D eigenvalue weighted by molar-refractivity contribution is -0.131. The molecule has 0 N–H and O–H groups in total. The molecule has 0 radical (unpaired) electrons. The highest BCUT2D eigenvalue weighted by Gasteiger charge is 2.24. The summed E-state index contributed by atoms with van der Waals surface area (Å²) >= 11 is 17.4. The van der Waals surface area contributed by atoms with Crippen molar-refractivity contribution in [2.75, 3.05) is 0 Å². The van der Waals surface area contributed by atoms with Crippen LogP contribution in [-0.2, 0) is 11.2 Å². The summed E-state index contributed by atoms with van der Waals surface area (Å²) < 4.78 is 4.91. The molecule has 0 aliphatic rings. The van der Waals surface area contributed by atoms with Crippen molar-refractivity contribution in [3.05, 3.63) is 29.8 Å². The van der Waals surface area contributed by atoms with Crippen molar-refractivity contribution in [2.45, 2.75) is 19.4 Å². The Balaban J connectivity index is 2.55. The third kappa shape index (κ3) is 5.75. The first-order valence-electron chi connectivity index (χ1n) is 4.71. The first-order chi connectivity index (χ1) is 7.37. The largest absolute Gasteiger partial charge is 0.427 e. The number of halogens is 3. The molecule has 0 unspecified atom stereocenters. The van der Waals surface area contributed by atoms with Gasteiger partial charge < -0.3 is 4.74 Å². The Morgan fingerprint density at radius 1 is 1.25 bits per heavy atom. The molecule has 0 saturated carbocycles. The Kier molecular flexibility index (Phi) is 5.12. The number of carbonyl (C=O) groups is 1. The number of hydrogen-bond donors (Lipinski definition) is 0. The lowest BCUT2D eigenvalue weighted by Gasteiger charge is -2.07. The lowest BCUT2D eigenvalue weighted by atomic mass is 10.2. The Morgan fingerprint density at radius 2 is 1.81 bits per heavy atom. The fourth-order valence-electron chi connectivity index (χ4n) is 1.18. The van der Waals surface area contributed by atoms with Crippen LogP contribution in [0.4, 0.5) is 0 Å². The molecular formula is C10H11Cl3O2Si. The zero-order valence-electron chi connectivity index (χ0n) is 8.67. The Hall–Kier alpha value is -0.223. The summed E-state index contributed by atoms with van der Waals surface area (Å²) in [5.41, 5.74) is 1.06. The highest BCUT2D eigenvalue weighted by atomic mass is 35.8. The minimum Gasteiger partial charge on any atom is -0.427 e. The predicted molar refractivity (Wildman–Crippen MR) is 69.6 cm³/mol. The van der Waals surface area contributed by atoms with E-state index in [2.05, 4.69) is 0 Å². The predicted octanol–water partition coefficient (Wildman–Crippen LogP) is 3.81. The van der Waals surface area contributed by atoms with Crippen molar-refractivity contribution < 1.29 is 9.53 Å². The molecule has 0 heterocycles. The van der Waals surface area contributed by atoms with Crippen LogP contribution in [0.25, 0.3) is 0 Å². The van der Waals surface area contributed by atoms with E-state index in [0.29, 0.717) is 11.8 Å². The third-order valence-corrected chi connectivity index (χ3v) is 4.40. The number of ether oxygens (including phenoxy) is 1. The first kappa shape index (κ1) is 13.8. The van der Waals surface area contributed by atoms with Gasteiger partial charge in [-0.15, -0.1) is 33.2 Å². The third-order valence-electron chi connectivity index (χ3n) is 1.88. The molecule has 88 valence electrons. The number of aryl methyl sites for hydroxylation is 1. The molecule has 0 atom stereocenters. The van der Waals surface area contributed by atoms with E-state index in [1.165, 1.54) is 6.92 Å². The molecule has 0 aromatic heterocycles. The summed E-state index contributed by atoms with van der Waals surface area (Å²) in [6, 6.07) is 5.23. The molecule has 1 aromatic carbocycles. The Bertz CT molecular complexity index is 359. The molecule has 0 aliphatic carbocycles. The van der Waals surface area contributed by atoms with Gasteiger partial charge in [-0.1, -0.05) is 12.1 Å². The van der Waals surface area contributed by atoms with E-state index >= 15 is 0 Å². The molecule has 1 rings (SSSR count). The summed E-state index contributed by atoms with van der Waals surface area (Å²) in [6.07, 6.45) is 0.725. The van der Waals surface area contributed by atoms with Crippen LogP contribution in [0, 0.1) is 0 Å². The fraction of sp³-hybridized carbons (Fsp3) is 0.300. The van der Waals surface area contributed by atoms with Crippen molar-refractivity contribution in [1.29, 1.82) is 0 Å². The van der Waals surface area contributed by atoms with E-state index in [4.69, 9.17) is 38.0 Å². The zero-order valence-corrected chi connectivity index (χ0v) is 11.9. The molecule has 0 bridgehead atoms. The SMILES string of the molecule is CC(=O)Oc1ccc(CC[Si](Cl)(Cl)Cl)cc1. The van der Waals surface area contributed by atoms with E-state index in [-0.39, 0.29) is 5.97 Å². The van der Waals surface area contributed by atoms with E-state index < -0.39 is 6.00 Å². The number of esters is 1. The van der Waals surface area contributed by atoms with E-state index in [1.807, 2.05) is 12.1 Å². The fourth-order valence-corrected chi connectivity index (χ4v) is 2.60. The van der Waals surface area contributed by atoms with Crippen molar-refractivity contribution in [3.63, 3.8) is 0 Å². The lowest BCUT2D eigenvalue weighted by Crippen LogP contribution is -2.09. The summed E-state index contributed by atoms with van der Waals surface area (Å²) in [7, 11) is 0. The molecule has 0 aliphatic heterocycles. The summed E-state index contributed by atoms with van der Waals surface area (Å²) in [4.78, 5) is 10.7. The topological polar surface area (TPSA) is 26.3 Å². The van der Waals surface area contributed by atoms with Crippen molar-refractivity contribution >= 4 is 45.2 Å². The molecule has 0 fully saturated rings. The van der Waals surface area contributed by atoms with Gasteiger partial charge in [0, 0.05) is 6.92 Å². The van der Waals surface area contributed by atoms with E-state index in [9.17, 15) is 4.79 Å². The van der Waals surface area contributed by atoms with Crippen LogP contribution in [0.1, 0.15) is 12.5 Å². The molecule has 2 nitrogen and oxygen atoms in total. The average Bonchev–Trinajstić information content (AvgIpc) is 2.14. The normalized spacial score (nSPS) is 11.2. The quantitative estimate of drug-likeness (QED) is 0.366. The standard InChI is InChI=1S/C10H11Cl3O2Si/c1-8(14)15-10-4-2-9(3-5-10)6-7-16(11,12)13/h2-5H,6-7H2,1H3. The van der Waals surface area contributed by atoms with Crippen molar-refractivity contribution in [3.8, 4) is 5.75 Å². The van der Waals surface area contributed by atoms with Crippen LogP contribution < -0.4 is 4.74 Å². The maximum absolute atomic E-state index is 10.7. The molecule has 0 saturated heterocycles. The van der Waals surface area contributed by atoms with Crippen LogP contribution >= 0.6 is 33.2 Å². The summed E-state index contributed by atoms with van der Waals surface area (Å²) in [6.45, 7) is 1.36. The Morgan fingerprint density at radius 3 is 2.25 bits per heavy atom. The van der Waals surface area contributed by atoms with Gasteiger partial charge in [-0.05, 0) is 30.2 Å². The van der Waals surface area contributed by atoms with E-state index in [1.54, 1.807) is 12.1 Å². The minimum absolute atomic E-state index is 0.332. The van der Waals surface area contributed by atoms with Crippen LogP contribution in [0.5, 0.6) is 5.75 Å². The monoisotopic (exact) mass is 296 g/mol. The molecule has 16 heavy (non-hydrogen) atoms. The zero-order chi connectivity index (χ0) is 12.2. The highest BCUT2D eigenvalue weighted by molar-refractivity contribution is 7.64. The number of rotatable bonds is 4. The van der Waals surface area contributed by atoms with Crippen LogP contribution in [0.15, 0.2) is 24.3 Å². The van der Waals surface area contributed by atoms with Gasteiger partial charge in [0.1, 0.15) is 5.75 Å². The first-order valence-corrected chi connectivity index (χ1v) is 9.95. The van der Waals surface area contributed by atoms with Gasteiger partial charge in [0.2, 0.25) is 0 Å². The molecule has 0 spiro atoms. The molecular weight excluding hydrogens is 287 g/mol. The molecule has 0 amide bonds. The number of benzene rings is 1. The van der Waals surface area contributed by atoms with Gasteiger partial charge >= 0.3 is 12.0 Å². The highest BCUT2D eigenvalue weighted by Crippen LogP contribution is 2.27. The second-order valence-electron chi connectivity index (χ2n) is 3.35. The van der Waals surface area contributed by atoms with Gasteiger partial charge in [-0.25, -0.2) is 0 Å². The molecule has 6 heteroatoms. The second kappa shape index (κ2) is 5.91. The van der Waals surface area contributed by atoms with E-state index in [0.717, 1.165) is 12.0 Å². The smallest absolute Gasteiger partial charge is 0.341 e. The second-order valence-corrected chi connectivity index (χ2v) is 12.6. The minimum atomic E-state index is -2.55. The average molecular weight is 298 g/mol. The Labute approximate surface area is 110 Å².